The Labute approximate surface area is 344 Å². The number of rotatable bonds is 10. The Kier molecular flexibility index (Phi) is 13.0. The molecule has 4 amide bonds. The van der Waals surface area contributed by atoms with Gasteiger partial charge in [-0.15, -0.1) is 10.2 Å². The highest BCUT2D eigenvalue weighted by Gasteiger charge is 2.31. The molecule has 2 aliphatic rings. The predicted octanol–water partition coefficient (Wildman–Crippen LogP) is 6.31. The first-order chi connectivity index (χ1) is 27.9. The van der Waals surface area contributed by atoms with Crippen molar-refractivity contribution in [2.75, 3.05) is 29.6 Å². The van der Waals surface area contributed by atoms with Crippen molar-refractivity contribution in [3.05, 3.63) is 89.7 Å². The molecule has 3 aromatic heterocycles. The summed E-state index contributed by atoms with van der Waals surface area (Å²) < 4.78 is 42.3. The second-order valence-corrected chi connectivity index (χ2v) is 17.5. The molecule has 17 nitrogen and oxygen atoms in total. The molecule has 0 radical (unpaired) electrons. The van der Waals surface area contributed by atoms with E-state index in [1.54, 1.807) is 4.68 Å². The molecule has 0 saturated carbocycles. The molecule has 1 saturated heterocycles. The van der Waals surface area contributed by atoms with Crippen molar-refractivity contribution in [2.45, 2.75) is 96.4 Å². The summed E-state index contributed by atoms with van der Waals surface area (Å²) in [6, 6.07) is 20.6. The second-order valence-electron chi connectivity index (χ2n) is 16.1. The summed E-state index contributed by atoms with van der Waals surface area (Å²) >= 11 is 0. The van der Waals surface area contributed by atoms with Crippen molar-refractivity contribution in [1.29, 1.82) is 0 Å². The Hall–Kier alpha value is -5.88. The van der Waals surface area contributed by atoms with Crippen molar-refractivity contribution < 1.29 is 32.0 Å². The normalized spacial score (nSPS) is 18.5. The largest absolute Gasteiger partial charge is 0.489 e. The van der Waals surface area contributed by atoms with Crippen LogP contribution in [-0.4, -0.2) is 80.9 Å². The van der Waals surface area contributed by atoms with Gasteiger partial charge >= 0.3 is 12.1 Å². The summed E-state index contributed by atoms with van der Waals surface area (Å²) in [6.07, 6.45) is 7.12. The summed E-state index contributed by atoms with van der Waals surface area (Å²) in [5, 5.41) is 22.7. The standard InChI is InChI=1S/C40H50N10O4.CH4O3S/c1-25-11-8-9-20-48(25)39-46-45-35-19-16-29(24-49(35)39)54-33-18-17-32(30-14-6-7-15-31(30)33)43-38(52)44-36-22-34(40(3,4)5)47-50(36)27-12-10-13-28(21-27)53-26(2)23-42-37(41)51;1-5(2,3)4/h6-7,10,12-16,19,21-22,24-26,32-33H,8-9,11,17-18,20,23H2,1-5H3,(H3,41,42,51)(H2,43,44,52);1H3,(H,2,3,4)/t25-,26+,32-,33+;/m0./s1. The van der Waals surface area contributed by atoms with Crippen LogP contribution in [0.2, 0.25) is 0 Å². The van der Waals surface area contributed by atoms with Gasteiger partial charge in [0.25, 0.3) is 10.1 Å². The van der Waals surface area contributed by atoms with E-state index in [1.165, 1.54) is 6.42 Å². The number of ether oxygens (including phenoxy) is 2. The number of nitrogens with zero attached hydrogens (tertiary/aromatic N) is 6. The summed E-state index contributed by atoms with van der Waals surface area (Å²) in [7, 11) is -3.67. The van der Waals surface area contributed by atoms with Crippen LogP contribution in [-0.2, 0) is 15.5 Å². The van der Waals surface area contributed by atoms with Crippen LogP contribution in [0.1, 0.15) is 95.7 Å². The van der Waals surface area contributed by atoms with E-state index < -0.39 is 16.1 Å². The van der Waals surface area contributed by atoms with Crippen LogP contribution in [0.4, 0.5) is 21.4 Å². The van der Waals surface area contributed by atoms with Gasteiger partial charge in [0, 0.05) is 30.1 Å². The molecule has 1 aliphatic carbocycles. The first-order valence-electron chi connectivity index (χ1n) is 19.7. The SMILES string of the molecule is CS(=O)(=O)O.C[C@H](CNC(N)=O)Oc1cccc(-n2nc(C(C)(C)C)cc2NC(=O)N[C@H]2CC[C@@H](Oc3ccc4nnc(N5CCCC[C@@H]5C)n4c3)c3ccccc32)c1. The fraction of sp³-hybridized carbons (Fsp3) is 0.439. The third-order valence-electron chi connectivity index (χ3n) is 10.1. The third kappa shape index (κ3) is 11.2. The van der Waals surface area contributed by atoms with E-state index in [0.717, 1.165) is 53.6 Å². The predicted molar refractivity (Wildman–Crippen MR) is 225 cm³/mol. The maximum Gasteiger partial charge on any atom is 0.320 e. The van der Waals surface area contributed by atoms with E-state index >= 15 is 0 Å². The molecule has 0 unspecified atom stereocenters. The molecule has 1 aliphatic heterocycles. The van der Waals surface area contributed by atoms with Crippen LogP contribution in [0.5, 0.6) is 11.5 Å². The number of aromatic nitrogens is 5. The van der Waals surface area contributed by atoms with Gasteiger partial charge in [-0.25, -0.2) is 14.3 Å². The van der Waals surface area contributed by atoms with Crippen LogP contribution in [0.25, 0.3) is 11.3 Å². The quantitative estimate of drug-likeness (QED) is 0.0983. The number of anilines is 2. The average Bonchev–Trinajstić information content (AvgIpc) is 3.79. The molecule has 59 heavy (non-hydrogen) atoms. The molecule has 316 valence electrons. The lowest BCUT2D eigenvalue weighted by Gasteiger charge is -2.33. The van der Waals surface area contributed by atoms with E-state index in [4.69, 9.17) is 24.9 Å². The van der Waals surface area contributed by atoms with Crippen LogP contribution >= 0.6 is 0 Å². The summed E-state index contributed by atoms with van der Waals surface area (Å²) in [5.74, 6) is 2.70. The van der Waals surface area contributed by atoms with Gasteiger partial charge in [-0.2, -0.15) is 13.5 Å². The monoisotopic (exact) mass is 830 g/mol. The van der Waals surface area contributed by atoms with E-state index in [0.29, 0.717) is 42.4 Å². The smallest absolute Gasteiger partial charge is 0.320 e. The Bertz CT molecular complexity index is 2370. The lowest BCUT2D eigenvalue weighted by atomic mass is 9.85. The van der Waals surface area contributed by atoms with Crippen LogP contribution in [0.15, 0.2) is 72.9 Å². The number of benzene rings is 2. The number of urea groups is 2. The van der Waals surface area contributed by atoms with Gasteiger partial charge in [0.1, 0.15) is 29.5 Å². The van der Waals surface area contributed by atoms with Crippen molar-refractivity contribution in [3.63, 3.8) is 0 Å². The zero-order chi connectivity index (χ0) is 42.5. The number of nitrogens with two attached hydrogens (primary N) is 1. The van der Waals surface area contributed by atoms with E-state index in [1.807, 2.05) is 72.1 Å². The Balaban J connectivity index is 0.00000110. The topological polar surface area (TPSA) is 220 Å². The van der Waals surface area contributed by atoms with Gasteiger partial charge in [-0.3, -0.25) is 14.3 Å². The molecule has 6 N–H and O–H groups in total. The van der Waals surface area contributed by atoms with E-state index in [9.17, 15) is 18.0 Å². The van der Waals surface area contributed by atoms with Crippen molar-refractivity contribution >= 4 is 39.6 Å². The van der Waals surface area contributed by atoms with Gasteiger partial charge in [-0.05, 0) is 81.3 Å². The molecule has 18 heteroatoms. The maximum absolute atomic E-state index is 13.7. The fourth-order valence-electron chi connectivity index (χ4n) is 7.26. The first kappa shape index (κ1) is 42.7. The van der Waals surface area contributed by atoms with E-state index in [2.05, 4.69) is 70.9 Å². The van der Waals surface area contributed by atoms with Crippen LogP contribution < -0.4 is 36.1 Å². The highest BCUT2D eigenvalue weighted by atomic mass is 32.2. The van der Waals surface area contributed by atoms with Crippen molar-refractivity contribution in [3.8, 4) is 17.2 Å². The number of hydrogen-bond donors (Lipinski definition) is 5. The zero-order valence-electron chi connectivity index (χ0n) is 34.3. The van der Waals surface area contributed by atoms with Gasteiger partial charge < -0.3 is 30.7 Å². The minimum Gasteiger partial charge on any atom is -0.489 e. The number of carbonyl (C=O) groups is 2. The number of hydrogen-bond acceptors (Lipinski definition) is 10. The number of primary amides is 1. The molecule has 1 fully saturated rings. The van der Waals surface area contributed by atoms with Gasteiger partial charge in [0.2, 0.25) is 5.95 Å². The Morgan fingerprint density at radius 3 is 2.44 bits per heavy atom. The van der Waals surface area contributed by atoms with Crippen molar-refractivity contribution in [1.82, 2.24) is 35.0 Å². The average molecular weight is 831 g/mol. The highest BCUT2D eigenvalue weighted by molar-refractivity contribution is 7.85. The zero-order valence-corrected chi connectivity index (χ0v) is 35.1. The Morgan fingerprint density at radius 1 is 0.983 bits per heavy atom. The van der Waals surface area contributed by atoms with Gasteiger partial charge in [0.15, 0.2) is 5.65 Å². The molecule has 7 rings (SSSR count). The first-order valence-corrected chi connectivity index (χ1v) is 21.6. The molecule has 5 aromatic rings. The third-order valence-corrected chi connectivity index (χ3v) is 10.1. The summed E-state index contributed by atoms with van der Waals surface area (Å²) in [5.41, 5.74) is 9.31. The molecular formula is C41H54N10O7S. The molecule has 4 heterocycles. The lowest BCUT2D eigenvalue weighted by molar-refractivity contribution is 0.171. The second kappa shape index (κ2) is 17.9. The van der Waals surface area contributed by atoms with Crippen LogP contribution in [0.3, 0.4) is 0 Å². The van der Waals surface area contributed by atoms with Crippen LogP contribution in [0, 0.1) is 0 Å². The molecule has 0 bridgehead atoms. The minimum atomic E-state index is -3.67. The lowest BCUT2D eigenvalue weighted by Crippen LogP contribution is -2.38. The number of piperidine rings is 1. The molecular weight excluding hydrogens is 777 g/mol. The number of nitrogens with one attached hydrogen (secondary N) is 3. The number of carbonyl (C=O) groups excluding carboxylic acids is 2. The summed E-state index contributed by atoms with van der Waals surface area (Å²) in [6.45, 7) is 11.5. The molecule has 4 atom stereocenters. The fourth-order valence-corrected chi connectivity index (χ4v) is 7.26. The highest BCUT2D eigenvalue weighted by Crippen LogP contribution is 2.39. The number of pyridine rings is 1. The van der Waals surface area contributed by atoms with E-state index in [-0.39, 0.29) is 36.2 Å². The number of fused-ring (bicyclic) bond motifs is 2. The molecule has 0 spiro atoms. The maximum atomic E-state index is 13.7. The van der Waals surface area contributed by atoms with Gasteiger partial charge in [-0.1, -0.05) is 51.1 Å². The summed E-state index contributed by atoms with van der Waals surface area (Å²) in [4.78, 5) is 27.2. The number of amides is 4. The Morgan fingerprint density at radius 2 is 1.73 bits per heavy atom. The molecule has 2 aromatic carbocycles. The minimum absolute atomic E-state index is 0.187. The van der Waals surface area contributed by atoms with Gasteiger partial charge in [0.05, 0.1) is 36.4 Å². The van der Waals surface area contributed by atoms with Crippen molar-refractivity contribution in [2.24, 2.45) is 5.73 Å².